The summed E-state index contributed by atoms with van der Waals surface area (Å²) in [5, 5.41) is 11.4. The average Bonchev–Trinajstić information content (AvgIpc) is 2.29. The highest BCUT2D eigenvalue weighted by molar-refractivity contribution is 5.82. The fourth-order valence-electron chi connectivity index (χ4n) is 1.31. The molecule has 5 nitrogen and oxygen atoms in total. The van der Waals surface area contributed by atoms with E-state index in [1.165, 1.54) is 14.0 Å². The number of benzene rings is 1. The van der Waals surface area contributed by atoms with Gasteiger partial charge in [-0.2, -0.15) is 0 Å². The second-order valence-electron chi connectivity index (χ2n) is 3.42. The Hall–Kier alpha value is -2.04. The molecule has 0 radical (unpaired) electrons. The number of methoxy groups -OCH3 is 1. The molecule has 0 saturated heterocycles. The van der Waals surface area contributed by atoms with Gasteiger partial charge in [0.25, 0.3) is 0 Å². The van der Waals surface area contributed by atoms with Crippen molar-refractivity contribution in [3.63, 3.8) is 0 Å². The van der Waals surface area contributed by atoms with E-state index in [-0.39, 0.29) is 0 Å². The summed E-state index contributed by atoms with van der Waals surface area (Å²) in [5.74, 6) is -0.493. The maximum atomic E-state index is 11.1. The van der Waals surface area contributed by atoms with E-state index < -0.39 is 11.5 Å². The lowest BCUT2D eigenvalue weighted by Gasteiger charge is -2.24. The van der Waals surface area contributed by atoms with E-state index in [1.54, 1.807) is 24.3 Å². The zero-order valence-corrected chi connectivity index (χ0v) is 9.06. The fourth-order valence-corrected chi connectivity index (χ4v) is 1.31. The van der Waals surface area contributed by atoms with Gasteiger partial charge in [-0.25, -0.2) is 4.79 Å². The summed E-state index contributed by atoms with van der Waals surface area (Å²) in [6.07, 6.45) is 0.373. The molecule has 1 unspecified atom stereocenters. The molecule has 0 aromatic heterocycles. The minimum Gasteiger partial charge on any atom is -0.497 e. The lowest BCUT2D eigenvalue weighted by molar-refractivity contribution is -0.145. The summed E-state index contributed by atoms with van der Waals surface area (Å²) in [7, 11) is 1.52. The number of carboxylic acid groups (broad SMARTS) is 1. The van der Waals surface area contributed by atoms with Gasteiger partial charge in [-0.3, -0.25) is 4.79 Å². The second-order valence-corrected chi connectivity index (χ2v) is 3.42. The third-order valence-corrected chi connectivity index (χ3v) is 2.44. The number of carbonyl (C=O) groups excluding carboxylic acids is 1. The van der Waals surface area contributed by atoms with Gasteiger partial charge < -0.3 is 15.2 Å². The van der Waals surface area contributed by atoms with Crippen LogP contribution in [0.1, 0.15) is 12.5 Å². The standard InChI is InChI=1S/C11H13NO4/c1-11(10(14)15,12-7-13)8-3-5-9(16-2)6-4-8/h3-7H,1-2H3,(H,12,13)(H,14,15). The average molecular weight is 223 g/mol. The first-order valence-corrected chi connectivity index (χ1v) is 4.64. The Kier molecular flexibility index (Phi) is 3.50. The fraction of sp³-hybridized carbons (Fsp3) is 0.273. The van der Waals surface area contributed by atoms with E-state index in [4.69, 9.17) is 9.84 Å². The van der Waals surface area contributed by atoms with Crippen molar-refractivity contribution in [2.75, 3.05) is 7.11 Å². The molecule has 1 aromatic rings. The molecule has 0 aliphatic rings. The third kappa shape index (κ3) is 2.13. The van der Waals surface area contributed by atoms with Crippen LogP contribution in [0.5, 0.6) is 5.75 Å². The van der Waals surface area contributed by atoms with Crippen LogP contribution in [0.25, 0.3) is 0 Å². The molecular weight excluding hydrogens is 210 g/mol. The molecule has 86 valence electrons. The molecule has 0 bridgehead atoms. The van der Waals surface area contributed by atoms with E-state index in [9.17, 15) is 9.59 Å². The predicted molar refractivity (Wildman–Crippen MR) is 57.2 cm³/mol. The number of ether oxygens (including phenoxy) is 1. The Morgan fingerprint density at radius 2 is 2.00 bits per heavy atom. The zero-order chi connectivity index (χ0) is 12.2. The van der Waals surface area contributed by atoms with Crippen molar-refractivity contribution in [2.45, 2.75) is 12.5 Å². The molecule has 5 heteroatoms. The third-order valence-electron chi connectivity index (χ3n) is 2.44. The monoisotopic (exact) mass is 223 g/mol. The van der Waals surface area contributed by atoms with E-state index >= 15 is 0 Å². The van der Waals surface area contributed by atoms with Crippen LogP contribution in [0.3, 0.4) is 0 Å². The van der Waals surface area contributed by atoms with Crippen molar-refractivity contribution in [1.82, 2.24) is 5.32 Å². The molecule has 2 N–H and O–H groups in total. The van der Waals surface area contributed by atoms with Crippen LogP contribution in [0, 0.1) is 0 Å². The lowest BCUT2D eigenvalue weighted by atomic mass is 9.92. The van der Waals surface area contributed by atoms with Gasteiger partial charge in [0.05, 0.1) is 7.11 Å². The van der Waals surface area contributed by atoms with Crippen LogP contribution < -0.4 is 10.1 Å². The van der Waals surface area contributed by atoms with Gasteiger partial charge in [0.2, 0.25) is 6.41 Å². The van der Waals surface area contributed by atoms with Crippen LogP contribution in [0.4, 0.5) is 0 Å². The summed E-state index contributed by atoms with van der Waals surface area (Å²) in [6.45, 7) is 1.42. The number of carbonyl (C=O) groups is 2. The Morgan fingerprint density at radius 3 is 2.38 bits per heavy atom. The van der Waals surface area contributed by atoms with Gasteiger partial charge in [-0.15, -0.1) is 0 Å². The minimum absolute atomic E-state index is 0.373. The van der Waals surface area contributed by atoms with Crippen molar-refractivity contribution < 1.29 is 19.4 Å². The SMILES string of the molecule is COc1ccc(C(C)(NC=O)C(=O)O)cc1. The quantitative estimate of drug-likeness (QED) is 0.722. The van der Waals surface area contributed by atoms with Crippen LogP contribution in [0.2, 0.25) is 0 Å². The molecule has 0 aliphatic carbocycles. The van der Waals surface area contributed by atoms with E-state index in [2.05, 4.69) is 5.32 Å². The molecule has 0 saturated carbocycles. The van der Waals surface area contributed by atoms with Crippen LogP contribution >= 0.6 is 0 Å². The maximum absolute atomic E-state index is 11.1. The van der Waals surface area contributed by atoms with Crippen LogP contribution in [-0.4, -0.2) is 24.6 Å². The van der Waals surface area contributed by atoms with E-state index in [0.717, 1.165) is 0 Å². The van der Waals surface area contributed by atoms with Crippen LogP contribution in [0.15, 0.2) is 24.3 Å². The number of nitrogens with one attached hydrogen (secondary N) is 1. The Balaban J connectivity index is 3.11. The Morgan fingerprint density at radius 1 is 1.44 bits per heavy atom. The highest BCUT2D eigenvalue weighted by atomic mass is 16.5. The highest BCUT2D eigenvalue weighted by Gasteiger charge is 2.34. The van der Waals surface area contributed by atoms with Gasteiger partial charge >= 0.3 is 5.97 Å². The van der Waals surface area contributed by atoms with Gasteiger partial charge in [0, 0.05) is 0 Å². The first-order chi connectivity index (χ1) is 7.54. The molecule has 0 heterocycles. The maximum Gasteiger partial charge on any atom is 0.333 e. The molecule has 0 aliphatic heterocycles. The van der Waals surface area contributed by atoms with E-state index in [1.807, 2.05) is 0 Å². The van der Waals surface area contributed by atoms with Crippen LogP contribution in [-0.2, 0) is 15.1 Å². The van der Waals surface area contributed by atoms with Gasteiger partial charge in [0.15, 0.2) is 5.54 Å². The van der Waals surface area contributed by atoms with Gasteiger partial charge in [-0.1, -0.05) is 12.1 Å². The summed E-state index contributed by atoms with van der Waals surface area (Å²) < 4.78 is 4.96. The largest absolute Gasteiger partial charge is 0.497 e. The smallest absolute Gasteiger partial charge is 0.333 e. The number of rotatable bonds is 5. The molecule has 1 atom stereocenters. The molecule has 1 rings (SSSR count). The Labute approximate surface area is 93.0 Å². The van der Waals surface area contributed by atoms with Gasteiger partial charge in [-0.05, 0) is 24.6 Å². The molecule has 0 spiro atoms. The number of hydrogen-bond acceptors (Lipinski definition) is 3. The summed E-state index contributed by atoms with van der Waals surface area (Å²) in [4.78, 5) is 21.5. The number of amides is 1. The van der Waals surface area contributed by atoms with Crippen molar-refractivity contribution in [3.8, 4) is 5.75 Å². The summed E-state index contributed by atoms with van der Waals surface area (Å²) in [5.41, 5.74) is -0.943. The Bertz CT molecular complexity index is 387. The van der Waals surface area contributed by atoms with Gasteiger partial charge in [0.1, 0.15) is 5.75 Å². The zero-order valence-electron chi connectivity index (χ0n) is 9.06. The summed E-state index contributed by atoms with van der Waals surface area (Å²) >= 11 is 0. The predicted octanol–water partition coefficient (Wildman–Crippen LogP) is 0.741. The normalized spacial score (nSPS) is 13.6. The lowest BCUT2D eigenvalue weighted by Crippen LogP contribution is -2.45. The number of hydrogen-bond donors (Lipinski definition) is 2. The number of aliphatic carboxylic acids is 1. The molecule has 1 amide bonds. The molecule has 16 heavy (non-hydrogen) atoms. The van der Waals surface area contributed by atoms with E-state index in [0.29, 0.717) is 17.7 Å². The molecule has 0 fully saturated rings. The highest BCUT2D eigenvalue weighted by Crippen LogP contribution is 2.23. The first-order valence-electron chi connectivity index (χ1n) is 4.64. The van der Waals surface area contributed by atoms with Crippen molar-refractivity contribution in [2.24, 2.45) is 0 Å². The van der Waals surface area contributed by atoms with Crippen molar-refractivity contribution in [1.29, 1.82) is 0 Å². The first kappa shape index (κ1) is 12.0. The molecular formula is C11H13NO4. The number of carboxylic acids is 1. The van der Waals surface area contributed by atoms with Crippen molar-refractivity contribution >= 4 is 12.4 Å². The summed E-state index contributed by atoms with van der Waals surface area (Å²) in [6, 6.07) is 6.49. The topological polar surface area (TPSA) is 75.6 Å². The van der Waals surface area contributed by atoms with Crippen molar-refractivity contribution in [3.05, 3.63) is 29.8 Å². The molecule has 1 aromatic carbocycles. The second kappa shape index (κ2) is 4.65. The minimum atomic E-state index is -1.42.